The van der Waals surface area contributed by atoms with Gasteiger partial charge in [-0.15, -0.1) is 0 Å². The Morgan fingerprint density at radius 3 is 2.78 bits per heavy atom. The highest BCUT2D eigenvalue weighted by Crippen LogP contribution is 2.31. The van der Waals surface area contributed by atoms with Gasteiger partial charge < -0.3 is 26.4 Å². The second kappa shape index (κ2) is 5.27. The summed E-state index contributed by atoms with van der Waals surface area (Å²) in [7, 11) is 0. The molecule has 100 valence electrons. The number of nitrogens with zero attached hydrogens (tertiary/aromatic N) is 1. The average molecular weight is 274 g/mol. The number of nitrogens with two attached hydrogens (primary N) is 1. The minimum atomic E-state index is -0.950. The molecular formula is C11H16ClN3O3. The maximum Gasteiger partial charge on any atom is 0.153 e. The van der Waals surface area contributed by atoms with Crippen LogP contribution in [-0.2, 0) is 0 Å². The lowest BCUT2D eigenvalue weighted by molar-refractivity contribution is 0.00448. The molecule has 4 atom stereocenters. The first-order chi connectivity index (χ1) is 8.54. The lowest BCUT2D eigenvalue weighted by atomic mass is 10.1. The average Bonchev–Trinajstić information content (AvgIpc) is 2.63. The fourth-order valence-corrected chi connectivity index (χ4v) is 2.38. The van der Waals surface area contributed by atoms with E-state index in [4.69, 9.17) is 22.4 Å². The van der Waals surface area contributed by atoms with Crippen molar-refractivity contribution in [2.24, 2.45) is 5.92 Å². The number of aliphatic hydroxyl groups excluding tert-OH is 3. The smallest absolute Gasteiger partial charge is 0.153 e. The van der Waals surface area contributed by atoms with E-state index in [9.17, 15) is 10.2 Å². The predicted octanol–water partition coefficient (Wildman–Crippen LogP) is -0.168. The minimum absolute atomic E-state index is 0.164. The predicted molar refractivity (Wildman–Crippen MR) is 68.3 cm³/mol. The van der Waals surface area contributed by atoms with Gasteiger partial charge in [-0.25, -0.2) is 4.98 Å². The number of rotatable bonds is 3. The zero-order chi connectivity index (χ0) is 13.3. The first kappa shape index (κ1) is 13.4. The van der Waals surface area contributed by atoms with Crippen molar-refractivity contribution in [2.75, 3.05) is 17.7 Å². The third-order valence-electron chi connectivity index (χ3n) is 3.32. The molecule has 1 aliphatic rings. The molecule has 2 rings (SSSR count). The number of hydrogen-bond donors (Lipinski definition) is 5. The second-order valence-corrected chi connectivity index (χ2v) is 4.83. The number of pyridine rings is 1. The van der Waals surface area contributed by atoms with E-state index in [2.05, 4.69) is 10.3 Å². The van der Waals surface area contributed by atoms with E-state index >= 15 is 0 Å². The summed E-state index contributed by atoms with van der Waals surface area (Å²) < 4.78 is 0. The molecule has 0 saturated heterocycles. The van der Waals surface area contributed by atoms with Gasteiger partial charge in [0.25, 0.3) is 0 Å². The van der Waals surface area contributed by atoms with Crippen molar-refractivity contribution in [2.45, 2.75) is 24.7 Å². The van der Waals surface area contributed by atoms with E-state index in [1.54, 1.807) is 6.07 Å². The molecule has 1 heterocycles. The van der Waals surface area contributed by atoms with E-state index in [0.717, 1.165) is 0 Å². The van der Waals surface area contributed by atoms with Gasteiger partial charge in [-0.3, -0.25) is 0 Å². The van der Waals surface area contributed by atoms with Crippen molar-refractivity contribution in [3.05, 3.63) is 17.4 Å². The van der Waals surface area contributed by atoms with Gasteiger partial charge in [0.2, 0.25) is 0 Å². The Morgan fingerprint density at radius 2 is 2.17 bits per heavy atom. The van der Waals surface area contributed by atoms with Gasteiger partial charge in [0.15, 0.2) is 5.15 Å². The third-order valence-corrected chi connectivity index (χ3v) is 3.62. The van der Waals surface area contributed by atoms with Crippen LogP contribution in [-0.4, -0.2) is 45.2 Å². The Morgan fingerprint density at radius 1 is 1.44 bits per heavy atom. The van der Waals surface area contributed by atoms with Gasteiger partial charge in [0, 0.05) is 18.7 Å². The maximum absolute atomic E-state index is 9.87. The standard InChI is InChI=1S/C11H16ClN3O3/c12-11-8(13)6(1-2-14-11)15-7-3-5(4-16)9(17)10(7)18/h1-2,5,7,9-10,16-18H,3-4,13H2,(H,14,15)/t5-,7-,9+,10-/m0/s1. The highest BCUT2D eigenvalue weighted by atomic mass is 35.5. The van der Waals surface area contributed by atoms with E-state index in [0.29, 0.717) is 17.8 Å². The van der Waals surface area contributed by atoms with E-state index in [1.807, 2.05) is 0 Å². The molecular weight excluding hydrogens is 258 g/mol. The number of nitrogen functional groups attached to an aromatic ring is 1. The van der Waals surface area contributed by atoms with Gasteiger partial charge in [0.05, 0.1) is 23.5 Å². The Balaban J connectivity index is 2.13. The molecule has 1 aromatic heterocycles. The zero-order valence-corrected chi connectivity index (χ0v) is 10.4. The number of nitrogens with one attached hydrogen (secondary N) is 1. The second-order valence-electron chi connectivity index (χ2n) is 4.47. The molecule has 6 nitrogen and oxygen atoms in total. The summed E-state index contributed by atoms with van der Waals surface area (Å²) in [5.74, 6) is -0.337. The molecule has 1 aromatic rings. The molecule has 0 bridgehead atoms. The molecule has 1 fully saturated rings. The van der Waals surface area contributed by atoms with E-state index < -0.39 is 12.2 Å². The van der Waals surface area contributed by atoms with Crippen LogP contribution in [0.15, 0.2) is 12.3 Å². The van der Waals surface area contributed by atoms with Crippen molar-refractivity contribution in [3.8, 4) is 0 Å². The van der Waals surface area contributed by atoms with Crippen LogP contribution in [0.4, 0.5) is 11.4 Å². The number of aliphatic hydroxyl groups is 3. The van der Waals surface area contributed by atoms with Crippen molar-refractivity contribution in [1.82, 2.24) is 4.98 Å². The van der Waals surface area contributed by atoms with Crippen LogP contribution >= 0.6 is 11.6 Å². The van der Waals surface area contributed by atoms with Gasteiger partial charge in [-0.05, 0) is 12.5 Å². The summed E-state index contributed by atoms with van der Waals surface area (Å²) in [6, 6.07) is 1.27. The van der Waals surface area contributed by atoms with Crippen molar-refractivity contribution < 1.29 is 15.3 Å². The number of aromatic nitrogens is 1. The lowest BCUT2D eigenvalue weighted by Crippen LogP contribution is -2.35. The molecule has 7 heteroatoms. The highest BCUT2D eigenvalue weighted by Gasteiger charge is 2.41. The SMILES string of the molecule is Nc1c(N[C@H]2C[C@@H](CO)[C@@H](O)[C@H]2O)ccnc1Cl. The molecule has 1 saturated carbocycles. The summed E-state index contributed by atoms with van der Waals surface area (Å²) in [5, 5.41) is 31.9. The molecule has 0 radical (unpaired) electrons. The van der Waals surface area contributed by atoms with Gasteiger partial charge in [-0.1, -0.05) is 11.6 Å². The van der Waals surface area contributed by atoms with Gasteiger partial charge in [-0.2, -0.15) is 0 Å². The van der Waals surface area contributed by atoms with Gasteiger partial charge >= 0.3 is 0 Å². The molecule has 0 aliphatic heterocycles. The topological polar surface area (TPSA) is 112 Å². The summed E-state index contributed by atoms with van der Waals surface area (Å²) in [5.41, 5.74) is 6.62. The third kappa shape index (κ3) is 2.37. The quantitative estimate of drug-likeness (QED) is 0.489. The normalized spacial score (nSPS) is 31.6. The Bertz CT molecular complexity index is 432. The van der Waals surface area contributed by atoms with E-state index in [1.165, 1.54) is 6.20 Å². The van der Waals surface area contributed by atoms with Crippen LogP contribution in [0.1, 0.15) is 6.42 Å². The highest BCUT2D eigenvalue weighted by molar-refractivity contribution is 6.32. The first-order valence-electron chi connectivity index (χ1n) is 5.68. The van der Waals surface area contributed by atoms with Crippen LogP contribution in [0.3, 0.4) is 0 Å². The molecule has 0 aromatic carbocycles. The fourth-order valence-electron chi connectivity index (χ4n) is 2.22. The van der Waals surface area contributed by atoms with Crippen LogP contribution in [0.5, 0.6) is 0 Å². The summed E-state index contributed by atoms with van der Waals surface area (Å²) >= 11 is 5.79. The Kier molecular flexibility index (Phi) is 3.91. The first-order valence-corrected chi connectivity index (χ1v) is 6.06. The molecule has 0 amide bonds. The Labute approximate surface area is 109 Å². The van der Waals surface area contributed by atoms with Gasteiger partial charge in [0.1, 0.15) is 6.10 Å². The van der Waals surface area contributed by atoms with Crippen molar-refractivity contribution in [3.63, 3.8) is 0 Å². The molecule has 18 heavy (non-hydrogen) atoms. The molecule has 6 N–H and O–H groups in total. The van der Waals surface area contributed by atoms with E-state index in [-0.39, 0.29) is 23.7 Å². The van der Waals surface area contributed by atoms with Crippen LogP contribution in [0, 0.1) is 5.92 Å². The van der Waals surface area contributed by atoms with Crippen LogP contribution in [0.2, 0.25) is 5.15 Å². The Hall–Kier alpha value is -1.08. The van der Waals surface area contributed by atoms with Crippen LogP contribution < -0.4 is 11.1 Å². The monoisotopic (exact) mass is 273 g/mol. The summed E-state index contributed by atoms with van der Waals surface area (Å²) in [4.78, 5) is 3.83. The zero-order valence-electron chi connectivity index (χ0n) is 9.62. The molecule has 1 aliphatic carbocycles. The lowest BCUT2D eigenvalue weighted by Gasteiger charge is -2.20. The van der Waals surface area contributed by atoms with Crippen molar-refractivity contribution >= 4 is 23.0 Å². The largest absolute Gasteiger partial charge is 0.396 e. The maximum atomic E-state index is 9.87. The minimum Gasteiger partial charge on any atom is -0.396 e. The molecule has 0 spiro atoms. The number of hydrogen-bond acceptors (Lipinski definition) is 6. The summed E-state index contributed by atoms with van der Waals surface area (Å²) in [6.07, 6.45) is 0.0695. The van der Waals surface area contributed by atoms with Crippen molar-refractivity contribution in [1.29, 1.82) is 0 Å². The molecule has 0 unspecified atom stereocenters. The number of halogens is 1. The van der Waals surface area contributed by atoms with Crippen LogP contribution in [0.25, 0.3) is 0 Å². The fraction of sp³-hybridized carbons (Fsp3) is 0.545. The summed E-state index contributed by atoms with van der Waals surface area (Å²) in [6.45, 7) is -0.164. The number of anilines is 2.